The van der Waals surface area contributed by atoms with Gasteiger partial charge in [0.1, 0.15) is 0 Å². The minimum absolute atomic E-state index is 0.0981. The van der Waals surface area contributed by atoms with Crippen LogP contribution in [0.25, 0.3) is 0 Å². The van der Waals surface area contributed by atoms with Gasteiger partial charge in [-0.2, -0.15) is 0 Å². The van der Waals surface area contributed by atoms with E-state index in [1.54, 1.807) is 24.9 Å². The molecule has 0 fully saturated rings. The molecule has 1 atom stereocenters. The first-order chi connectivity index (χ1) is 11.2. The third-order valence-electron chi connectivity index (χ3n) is 4.58. The van der Waals surface area contributed by atoms with E-state index in [9.17, 15) is 14.7 Å². The molecule has 0 saturated heterocycles. The maximum Gasteiger partial charge on any atom is 0.251 e. The molecule has 0 bridgehead atoms. The molecule has 0 aromatic heterocycles. The number of nitrogens with one attached hydrogen (secondary N) is 1. The zero-order valence-corrected chi connectivity index (χ0v) is 15.1. The van der Waals surface area contributed by atoms with Gasteiger partial charge < -0.3 is 15.3 Å². The number of nitrogens with zero attached hydrogens (tertiary/aromatic N) is 1. The number of rotatable bonds is 6. The van der Waals surface area contributed by atoms with Crippen LogP contribution in [0.5, 0.6) is 0 Å². The van der Waals surface area contributed by atoms with Crippen molar-refractivity contribution in [2.75, 3.05) is 18.5 Å². The normalized spacial score (nSPS) is 16.8. The Morgan fingerprint density at radius 3 is 2.75 bits per heavy atom. The van der Waals surface area contributed by atoms with E-state index in [4.69, 9.17) is 0 Å². The van der Waals surface area contributed by atoms with Crippen molar-refractivity contribution in [2.45, 2.75) is 52.1 Å². The molecule has 0 aliphatic carbocycles. The van der Waals surface area contributed by atoms with Crippen molar-refractivity contribution in [1.82, 2.24) is 5.32 Å². The van der Waals surface area contributed by atoms with Gasteiger partial charge in [0.05, 0.1) is 5.60 Å². The standard InChI is InChI=1S/C19H28N2O3/c1-13(2)9-10-19(3,24)12-20-18(23)15-5-7-16-14(11-15)6-8-17(22)21(16)4/h5,7,11,13,24H,6,8-10,12H2,1-4H3,(H,20,23). The predicted octanol–water partition coefficient (Wildman–Crippen LogP) is 2.51. The number of carbonyl (C=O) groups is 2. The molecule has 0 saturated carbocycles. The van der Waals surface area contributed by atoms with E-state index in [1.165, 1.54) is 0 Å². The maximum atomic E-state index is 12.4. The lowest BCUT2D eigenvalue weighted by atomic mass is 9.95. The summed E-state index contributed by atoms with van der Waals surface area (Å²) in [5.74, 6) is 0.426. The quantitative estimate of drug-likeness (QED) is 0.841. The van der Waals surface area contributed by atoms with E-state index in [-0.39, 0.29) is 18.4 Å². The lowest BCUT2D eigenvalue weighted by molar-refractivity contribution is -0.118. The summed E-state index contributed by atoms with van der Waals surface area (Å²) in [5, 5.41) is 13.2. The minimum atomic E-state index is -0.902. The number of amides is 2. The van der Waals surface area contributed by atoms with Crippen LogP contribution in [0.2, 0.25) is 0 Å². The van der Waals surface area contributed by atoms with Crippen LogP contribution < -0.4 is 10.2 Å². The molecule has 2 amide bonds. The summed E-state index contributed by atoms with van der Waals surface area (Å²) >= 11 is 0. The van der Waals surface area contributed by atoms with Gasteiger partial charge in [0.25, 0.3) is 5.91 Å². The number of hydrogen-bond donors (Lipinski definition) is 2. The first-order valence-electron chi connectivity index (χ1n) is 8.60. The van der Waals surface area contributed by atoms with Gasteiger partial charge in [-0.05, 0) is 55.9 Å². The minimum Gasteiger partial charge on any atom is -0.388 e. The number of benzene rings is 1. The van der Waals surface area contributed by atoms with Crippen molar-refractivity contribution in [3.8, 4) is 0 Å². The van der Waals surface area contributed by atoms with Crippen molar-refractivity contribution < 1.29 is 14.7 Å². The Labute approximate surface area is 144 Å². The summed E-state index contributed by atoms with van der Waals surface area (Å²) in [4.78, 5) is 25.7. The van der Waals surface area contributed by atoms with Gasteiger partial charge in [-0.3, -0.25) is 9.59 Å². The molecule has 2 N–H and O–H groups in total. The molecule has 1 heterocycles. The Hall–Kier alpha value is -1.88. The second-order valence-electron chi connectivity index (χ2n) is 7.41. The largest absolute Gasteiger partial charge is 0.388 e. The van der Waals surface area contributed by atoms with Crippen LogP contribution in [0.1, 0.15) is 56.0 Å². The fourth-order valence-corrected chi connectivity index (χ4v) is 2.86. The van der Waals surface area contributed by atoms with Gasteiger partial charge in [0.2, 0.25) is 5.91 Å². The number of hydrogen-bond acceptors (Lipinski definition) is 3. The van der Waals surface area contributed by atoms with Gasteiger partial charge in [-0.15, -0.1) is 0 Å². The van der Waals surface area contributed by atoms with Crippen molar-refractivity contribution in [3.05, 3.63) is 29.3 Å². The van der Waals surface area contributed by atoms with Crippen LogP contribution >= 0.6 is 0 Å². The molecule has 1 aliphatic heterocycles. The SMILES string of the molecule is CC(C)CCC(C)(O)CNC(=O)c1ccc2c(c1)CCC(=O)N2C. The van der Waals surface area contributed by atoms with Crippen LogP contribution in [-0.2, 0) is 11.2 Å². The van der Waals surface area contributed by atoms with Crippen LogP contribution in [0.3, 0.4) is 0 Å². The number of fused-ring (bicyclic) bond motifs is 1. The highest BCUT2D eigenvalue weighted by molar-refractivity contribution is 5.98. The van der Waals surface area contributed by atoms with E-state index in [0.29, 0.717) is 30.7 Å². The van der Waals surface area contributed by atoms with Gasteiger partial charge >= 0.3 is 0 Å². The van der Waals surface area contributed by atoms with E-state index < -0.39 is 5.60 Å². The number of aryl methyl sites for hydroxylation is 1. The second-order valence-corrected chi connectivity index (χ2v) is 7.41. The molecule has 2 rings (SSSR count). The third-order valence-corrected chi connectivity index (χ3v) is 4.58. The van der Waals surface area contributed by atoms with E-state index in [2.05, 4.69) is 19.2 Å². The van der Waals surface area contributed by atoms with Crippen molar-refractivity contribution in [3.63, 3.8) is 0 Å². The van der Waals surface area contributed by atoms with Crippen molar-refractivity contribution >= 4 is 17.5 Å². The Morgan fingerprint density at radius 2 is 2.08 bits per heavy atom. The third kappa shape index (κ3) is 4.57. The molecule has 1 aliphatic rings. The topological polar surface area (TPSA) is 69.6 Å². The Balaban J connectivity index is 1.99. The fraction of sp³-hybridized carbons (Fsp3) is 0.579. The molecule has 5 heteroatoms. The number of aliphatic hydroxyl groups is 1. The predicted molar refractivity (Wildman–Crippen MR) is 95.2 cm³/mol. The van der Waals surface area contributed by atoms with Crippen LogP contribution in [-0.4, -0.2) is 36.1 Å². The molecule has 0 spiro atoms. The number of carbonyl (C=O) groups excluding carboxylic acids is 2. The molecule has 1 aromatic carbocycles. The highest BCUT2D eigenvalue weighted by Crippen LogP contribution is 2.27. The summed E-state index contributed by atoms with van der Waals surface area (Å²) in [7, 11) is 1.76. The Morgan fingerprint density at radius 1 is 1.38 bits per heavy atom. The highest BCUT2D eigenvalue weighted by Gasteiger charge is 2.24. The lowest BCUT2D eigenvalue weighted by Crippen LogP contribution is -2.41. The van der Waals surface area contributed by atoms with E-state index in [0.717, 1.165) is 17.7 Å². The summed E-state index contributed by atoms with van der Waals surface area (Å²) in [6, 6.07) is 5.39. The molecule has 1 unspecified atom stereocenters. The van der Waals surface area contributed by atoms with Crippen LogP contribution in [0.4, 0.5) is 5.69 Å². The summed E-state index contributed by atoms with van der Waals surface area (Å²) in [5.41, 5.74) is 1.54. The first kappa shape index (κ1) is 18.5. The first-order valence-corrected chi connectivity index (χ1v) is 8.60. The molecule has 0 radical (unpaired) electrons. The second kappa shape index (κ2) is 7.34. The molecular formula is C19H28N2O3. The summed E-state index contributed by atoms with van der Waals surface area (Å²) < 4.78 is 0. The summed E-state index contributed by atoms with van der Waals surface area (Å²) in [6.07, 6.45) is 2.70. The average Bonchev–Trinajstić information content (AvgIpc) is 2.54. The van der Waals surface area contributed by atoms with Gasteiger partial charge in [-0.1, -0.05) is 13.8 Å². The van der Waals surface area contributed by atoms with Crippen molar-refractivity contribution in [2.24, 2.45) is 5.92 Å². The smallest absolute Gasteiger partial charge is 0.251 e. The highest BCUT2D eigenvalue weighted by atomic mass is 16.3. The molecule has 132 valence electrons. The summed E-state index contributed by atoms with van der Waals surface area (Å²) in [6.45, 7) is 6.21. The van der Waals surface area contributed by atoms with Gasteiger partial charge in [0, 0.05) is 31.3 Å². The molecule has 5 nitrogen and oxygen atoms in total. The lowest BCUT2D eigenvalue weighted by Gasteiger charge is -2.26. The van der Waals surface area contributed by atoms with Crippen LogP contribution in [0, 0.1) is 5.92 Å². The fourth-order valence-electron chi connectivity index (χ4n) is 2.86. The maximum absolute atomic E-state index is 12.4. The zero-order chi connectivity index (χ0) is 17.9. The Bertz CT molecular complexity index is 623. The van der Waals surface area contributed by atoms with E-state index >= 15 is 0 Å². The monoisotopic (exact) mass is 332 g/mol. The zero-order valence-electron chi connectivity index (χ0n) is 15.1. The van der Waals surface area contributed by atoms with Gasteiger partial charge in [-0.25, -0.2) is 0 Å². The average molecular weight is 332 g/mol. The number of anilines is 1. The molecule has 1 aromatic rings. The van der Waals surface area contributed by atoms with Crippen LogP contribution in [0.15, 0.2) is 18.2 Å². The van der Waals surface area contributed by atoms with Gasteiger partial charge in [0.15, 0.2) is 0 Å². The van der Waals surface area contributed by atoms with Crippen molar-refractivity contribution in [1.29, 1.82) is 0 Å². The Kier molecular flexibility index (Phi) is 5.65. The molecular weight excluding hydrogens is 304 g/mol. The van der Waals surface area contributed by atoms with E-state index in [1.807, 2.05) is 12.1 Å². The molecule has 24 heavy (non-hydrogen) atoms.